The maximum atomic E-state index is 12.2. The monoisotopic (exact) mass is 384 g/mol. The van der Waals surface area contributed by atoms with Crippen LogP contribution in [-0.4, -0.2) is 21.5 Å². The zero-order chi connectivity index (χ0) is 20.5. The largest absolute Gasteiger partial charge is 0.279 e. The minimum atomic E-state index is -0.741. The number of hydrogen-bond acceptors (Lipinski definition) is 6. The van der Waals surface area contributed by atoms with E-state index in [1.807, 2.05) is 30.3 Å². The number of hydrazone groups is 1. The molecule has 9 nitrogen and oxygen atoms in total. The average Bonchev–Trinajstić information content (AvgIpc) is 2.68. The third kappa shape index (κ3) is 5.70. The van der Waals surface area contributed by atoms with Gasteiger partial charge in [0.25, 0.3) is 11.4 Å². The van der Waals surface area contributed by atoms with Gasteiger partial charge in [-0.25, -0.2) is 5.43 Å². The summed E-state index contributed by atoms with van der Waals surface area (Å²) in [5.41, 5.74) is 3.25. The summed E-state index contributed by atoms with van der Waals surface area (Å²) in [6, 6.07) is 12.6. The van der Waals surface area contributed by atoms with Crippen LogP contribution in [0.15, 0.2) is 53.6 Å². The van der Waals surface area contributed by atoms with Gasteiger partial charge in [-0.3, -0.25) is 25.0 Å². The highest BCUT2D eigenvalue weighted by Gasteiger charge is 2.21. The van der Waals surface area contributed by atoms with Crippen LogP contribution in [0.3, 0.4) is 0 Å². The summed E-state index contributed by atoms with van der Waals surface area (Å²) in [7, 11) is 0. The van der Waals surface area contributed by atoms with Gasteiger partial charge in [0.2, 0.25) is 5.91 Å². The van der Waals surface area contributed by atoms with E-state index in [0.717, 1.165) is 30.5 Å². The van der Waals surface area contributed by atoms with Crippen molar-refractivity contribution in [1.82, 2.24) is 5.43 Å². The number of nitro groups is 2. The third-order valence-corrected chi connectivity index (χ3v) is 4.02. The molecule has 0 fully saturated rings. The first-order valence-electron chi connectivity index (χ1n) is 8.75. The lowest BCUT2D eigenvalue weighted by atomic mass is 10.1. The van der Waals surface area contributed by atoms with Crippen molar-refractivity contribution in [2.45, 2.75) is 32.6 Å². The number of rotatable bonds is 9. The molecule has 0 bridgehead atoms. The van der Waals surface area contributed by atoms with E-state index in [4.69, 9.17) is 0 Å². The fourth-order valence-corrected chi connectivity index (χ4v) is 2.57. The highest BCUT2D eigenvalue weighted by atomic mass is 16.6. The number of unbranched alkanes of at least 4 members (excludes halogenated alkanes) is 1. The van der Waals surface area contributed by atoms with Gasteiger partial charge in [0, 0.05) is 11.6 Å². The molecule has 1 amide bonds. The lowest BCUT2D eigenvalue weighted by Gasteiger charge is -2.07. The van der Waals surface area contributed by atoms with Crippen molar-refractivity contribution in [2.75, 3.05) is 0 Å². The highest BCUT2D eigenvalue weighted by Crippen LogP contribution is 2.25. The van der Waals surface area contributed by atoms with Crippen molar-refractivity contribution in [3.63, 3.8) is 0 Å². The minimum Gasteiger partial charge on any atom is -0.273 e. The molecule has 0 aromatic heterocycles. The van der Waals surface area contributed by atoms with Crippen molar-refractivity contribution >= 4 is 23.0 Å². The SMILES string of the molecule is CCCCC(=NNC(=O)Cc1ccc([N+](=O)[O-])cc1[N+](=O)[O-])c1ccccc1. The van der Waals surface area contributed by atoms with Gasteiger partial charge in [-0.15, -0.1) is 0 Å². The molecular weight excluding hydrogens is 364 g/mol. The third-order valence-electron chi connectivity index (χ3n) is 4.02. The van der Waals surface area contributed by atoms with E-state index < -0.39 is 27.1 Å². The number of nitrogens with zero attached hydrogens (tertiary/aromatic N) is 3. The van der Waals surface area contributed by atoms with Crippen molar-refractivity contribution in [3.05, 3.63) is 79.9 Å². The Labute approximate surface area is 161 Å². The molecule has 0 heterocycles. The van der Waals surface area contributed by atoms with Crippen LogP contribution < -0.4 is 5.43 Å². The van der Waals surface area contributed by atoms with Gasteiger partial charge >= 0.3 is 0 Å². The van der Waals surface area contributed by atoms with Crippen LogP contribution in [0.5, 0.6) is 0 Å². The lowest BCUT2D eigenvalue weighted by Crippen LogP contribution is -2.22. The summed E-state index contributed by atoms with van der Waals surface area (Å²) in [5, 5.41) is 26.2. The first kappa shape index (κ1) is 20.7. The summed E-state index contributed by atoms with van der Waals surface area (Å²) in [6.07, 6.45) is 2.23. The smallest absolute Gasteiger partial charge is 0.273 e. The van der Waals surface area contributed by atoms with Gasteiger partial charge in [-0.05, 0) is 24.5 Å². The molecule has 0 saturated heterocycles. The second kappa shape index (κ2) is 9.91. The van der Waals surface area contributed by atoms with Crippen LogP contribution in [0.1, 0.15) is 37.3 Å². The number of nitrogens with one attached hydrogen (secondary N) is 1. The van der Waals surface area contributed by atoms with Crippen molar-refractivity contribution < 1.29 is 14.6 Å². The predicted octanol–water partition coefficient (Wildman–Crippen LogP) is 3.76. The summed E-state index contributed by atoms with van der Waals surface area (Å²) in [4.78, 5) is 32.7. The quantitative estimate of drug-likeness (QED) is 0.400. The van der Waals surface area contributed by atoms with Gasteiger partial charge in [0.1, 0.15) is 0 Å². The Bertz CT molecular complexity index is 896. The first-order chi connectivity index (χ1) is 13.4. The van der Waals surface area contributed by atoms with Crippen molar-refractivity contribution in [2.24, 2.45) is 5.10 Å². The maximum Gasteiger partial charge on any atom is 0.279 e. The van der Waals surface area contributed by atoms with Crippen LogP contribution in [0, 0.1) is 20.2 Å². The Morgan fingerprint density at radius 3 is 2.39 bits per heavy atom. The molecular formula is C19H20N4O5. The van der Waals surface area contributed by atoms with Crippen LogP contribution in [-0.2, 0) is 11.2 Å². The number of carbonyl (C=O) groups is 1. The molecule has 2 aromatic carbocycles. The molecule has 1 N–H and O–H groups in total. The predicted molar refractivity (Wildman–Crippen MR) is 104 cm³/mol. The number of carbonyl (C=O) groups excluding carboxylic acids is 1. The molecule has 0 radical (unpaired) electrons. The molecule has 0 aliphatic carbocycles. The molecule has 0 atom stereocenters. The number of non-ortho nitro benzene ring substituents is 1. The molecule has 2 aromatic rings. The Hall–Kier alpha value is -3.62. The van der Waals surface area contributed by atoms with Gasteiger partial charge in [-0.1, -0.05) is 43.7 Å². The molecule has 9 heteroatoms. The number of amides is 1. The molecule has 2 rings (SSSR count). The Morgan fingerprint density at radius 1 is 1.07 bits per heavy atom. The van der Waals surface area contributed by atoms with E-state index in [-0.39, 0.29) is 12.0 Å². The molecule has 0 unspecified atom stereocenters. The minimum absolute atomic E-state index is 0.0816. The van der Waals surface area contributed by atoms with E-state index in [1.54, 1.807) is 0 Å². The molecule has 146 valence electrons. The van der Waals surface area contributed by atoms with Crippen molar-refractivity contribution in [1.29, 1.82) is 0 Å². The summed E-state index contributed by atoms with van der Waals surface area (Å²) < 4.78 is 0. The van der Waals surface area contributed by atoms with E-state index in [1.165, 1.54) is 6.07 Å². The van der Waals surface area contributed by atoms with Gasteiger partial charge in [-0.2, -0.15) is 5.10 Å². The summed E-state index contributed by atoms with van der Waals surface area (Å²) in [5.74, 6) is -0.540. The topological polar surface area (TPSA) is 128 Å². The second-order valence-corrected chi connectivity index (χ2v) is 6.07. The number of benzene rings is 2. The van der Waals surface area contributed by atoms with Gasteiger partial charge < -0.3 is 0 Å². The van der Waals surface area contributed by atoms with Crippen molar-refractivity contribution in [3.8, 4) is 0 Å². The normalized spacial score (nSPS) is 11.1. The molecule has 0 saturated carbocycles. The molecule has 28 heavy (non-hydrogen) atoms. The van der Waals surface area contributed by atoms with Gasteiger partial charge in [0.15, 0.2) is 0 Å². The second-order valence-electron chi connectivity index (χ2n) is 6.07. The zero-order valence-electron chi connectivity index (χ0n) is 15.3. The van der Waals surface area contributed by atoms with E-state index in [0.29, 0.717) is 12.1 Å². The van der Waals surface area contributed by atoms with E-state index >= 15 is 0 Å². The maximum absolute atomic E-state index is 12.2. The average molecular weight is 384 g/mol. The standard InChI is InChI=1S/C19H20N4O5/c1-2-3-9-17(14-7-5-4-6-8-14)20-21-19(24)12-15-10-11-16(22(25)26)13-18(15)23(27)28/h4-8,10-11,13H,2-3,9,12H2,1H3,(H,21,24). The summed E-state index contributed by atoms with van der Waals surface area (Å²) in [6.45, 7) is 2.05. The Kier molecular flexibility index (Phi) is 7.32. The first-order valence-corrected chi connectivity index (χ1v) is 8.75. The fourth-order valence-electron chi connectivity index (χ4n) is 2.57. The Balaban J connectivity index is 2.17. The lowest BCUT2D eigenvalue weighted by molar-refractivity contribution is -0.394. The number of nitro benzene ring substituents is 2. The molecule has 0 aliphatic heterocycles. The van der Waals surface area contributed by atoms with Crippen LogP contribution >= 0.6 is 0 Å². The highest BCUT2D eigenvalue weighted by molar-refractivity contribution is 6.01. The van der Waals surface area contributed by atoms with Crippen LogP contribution in [0.4, 0.5) is 11.4 Å². The van der Waals surface area contributed by atoms with E-state index in [9.17, 15) is 25.0 Å². The fraction of sp³-hybridized carbons (Fsp3) is 0.263. The van der Waals surface area contributed by atoms with Crippen LogP contribution in [0.2, 0.25) is 0 Å². The van der Waals surface area contributed by atoms with Crippen LogP contribution in [0.25, 0.3) is 0 Å². The molecule has 0 spiro atoms. The number of hydrogen-bond donors (Lipinski definition) is 1. The Morgan fingerprint density at radius 2 is 1.79 bits per heavy atom. The van der Waals surface area contributed by atoms with Gasteiger partial charge in [0.05, 0.1) is 28.0 Å². The molecule has 0 aliphatic rings. The van der Waals surface area contributed by atoms with E-state index in [2.05, 4.69) is 17.5 Å². The summed E-state index contributed by atoms with van der Waals surface area (Å²) >= 11 is 0. The zero-order valence-corrected chi connectivity index (χ0v) is 15.3.